The number of nitrogens with zero attached hydrogens (tertiary/aromatic N) is 4. The number of aromatic nitrogens is 4. The van der Waals surface area contributed by atoms with E-state index in [4.69, 9.17) is 15.0 Å². The number of benzene rings is 8. The molecule has 0 atom stereocenters. The van der Waals surface area contributed by atoms with E-state index in [1.165, 1.54) is 55.3 Å². The molecule has 2 aromatic heterocycles. The van der Waals surface area contributed by atoms with E-state index in [1.54, 1.807) is 0 Å². The van der Waals surface area contributed by atoms with Crippen LogP contribution in [0.3, 0.4) is 0 Å². The molecular formula is C57H44N4. The Kier molecular flexibility index (Phi) is 8.47. The van der Waals surface area contributed by atoms with Gasteiger partial charge in [0.25, 0.3) is 0 Å². The van der Waals surface area contributed by atoms with Crippen molar-refractivity contribution in [2.45, 2.75) is 38.5 Å². The van der Waals surface area contributed by atoms with Gasteiger partial charge in [-0.2, -0.15) is 0 Å². The molecule has 0 saturated carbocycles. The van der Waals surface area contributed by atoms with Gasteiger partial charge in [0, 0.05) is 33.2 Å². The van der Waals surface area contributed by atoms with Crippen LogP contribution in [0.2, 0.25) is 0 Å². The number of para-hydroxylation sites is 1. The van der Waals surface area contributed by atoms with E-state index in [0.29, 0.717) is 17.5 Å². The lowest BCUT2D eigenvalue weighted by Crippen LogP contribution is -2.43. The summed E-state index contributed by atoms with van der Waals surface area (Å²) in [6.45, 7) is 9.57. The number of hydrogen-bond donors (Lipinski definition) is 0. The van der Waals surface area contributed by atoms with Crippen LogP contribution in [-0.2, 0) is 10.8 Å². The summed E-state index contributed by atoms with van der Waals surface area (Å²) in [6.07, 6.45) is 0. The zero-order valence-electron chi connectivity index (χ0n) is 34.8. The van der Waals surface area contributed by atoms with Gasteiger partial charge in [0.05, 0.1) is 11.0 Å². The Morgan fingerprint density at radius 3 is 1.39 bits per heavy atom. The summed E-state index contributed by atoms with van der Waals surface area (Å²) in [5, 5.41) is 2.44. The van der Waals surface area contributed by atoms with Crippen molar-refractivity contribution in [3.63, 3.8) is 0 Å². The molecule has 0 unspecified atom stereocenters. The normalized spacial score (nSPS) is 13.8. The zero-order chi connectivity index (χ0) is 41.3. The molecule has 292 valence electrons. The van der Waals surface area contributed by atoms with E-state index in [0.717, 1.165) is 33.4 Å². The molecule has 0 bridgehead atoms. The number of fused-ring (bicyclic) bond motifs is 6. The van der Waals surface area contributed by atoms with Crippen LogP contribution in [0.1, 0.15) is 38.8 Å². The average molecular weight is 785 g/mol. The van der Waals surface area contributed by atoms with Crippen LogP contribution in [0, 0.1) is 0 Å². The van der Waals surface area contributed by atoms with Crippen LogP contribution in [-0.4, -0.2) is 19.5 Å². The van der Waals surface area contributed by atoms with Gasteiger partial charge in [0.2, 0.25) is 0 Å². The first-order valence-corrected chi connectivity index (χ1v) is 21.1. The Morgan fingerprint density at radius 2 is 0.770 bits per heavy atom. The van der Waals surface area contributed by atoms with E-state index in [-0.39, 0.29) is 10.8 Å². The highest BCUT2D eigenvalue weighted by molar-refractivity contribution is 6.10. The van der Waals surface area contributed by atoms with Crippen molar-refractivity contribution in [2.24, 2.45) is 0 Å². The number of rotatable bonds is 6. The summed E-state index contributed by atoms with van der Waals surface area (Å²) in [5.74, 6) is 1.94. The summed E-state index contributed by atoms with van der Waals surface area (Å²) in [6, 6.07) is 69.5. The molecule has 10 aromatic rings. The summed E-state index contributed by atoms with van der Waals surface area (Å²) >= 11 is 0. The van der Waals surface area contributed by atoms with Gasteiger partial charge in [-0.05, 0) is 97.8 Å². The fourth-order valence-electron chi connectivity index (χ4n) is 9.52. The van der Waals surface area contributed by atoms with Crippen LogP contribution in [0.25, 0.3) is 95.0 Å². The second kappa shape index (κ2) is 14.1. The molecule has 4 nitrogen and oxygen atoms in total. The van der Waals surface area contributed by atoms with Gasteiger partial charge in [-0.25, -0.2) is 15.0 Å². The second-order valence-corrected chi connectivity index (χ2v) is 17.3. The fraction of sp³-hybridized carbons (Fsp3) is 0.105. The van der Waals surface area contributed by atoms with E-state index < -0.39 is 0 Å². The first kappa shape index (κ1) is 36.6. The molecule has 0 radical (unpaired) electrons. The summed E-state index contributed by atoms with van der Waals surface area (Å²) < 4.78 is 2.39. The minimum absolute atomic E-state index is 0.00515. The first-order chi connectivity index (χ1) is 29.8. The van der Waals surface area contributed by atoms with Crippen LogP contribution in [0.5, 0.6) is 0 Å². The molecular weight excluding hydrogens is 741 g/mol. The van der Waals surface area contributed by atoms with E-state index in [2.05, 4.69) is 166 Å². The standard InChI is InChI=1S/C57H44N4/c1-56(2)49-25-15-13-23-45(49)48-35-40(30-34-50(48)57(56,3)4)43-21-11-12-22-44(43)41-29-33-47-46-24-14-16-26-51(46)61(52(47)36-41)42-31-27-39(28-32-42)55-59-53(37-17-7-5-8-18-37)58-54(60-55)38-19-9-6-10-20-38/h5-36H,1-4H3. The lowest BCUT2D eigenvalue weighted by molar-refractivity contribution is 0.299. The van der Waals surface area contributed by atoms with E-state index >= 15 is 0 Å². The molecule has 0 saturated heterocycles. The maximum absolute atomic E-state index is 4.99. The zero-order valence-corrected chi connectivity index (χ0v) is 34.8. The van der Waals surface area contributed by atoms with E-state index in [1.807, 2.05) is 60.7 Å². The highest BCUT2D eigenvalue weighted by Crippen LogP contribution is 2.54. The summed E-state index contributed by atoms with van der Waals surface area (Å²) in [4.78, 5) is 14.9. The molecule has 1 aliphatic carbocycles. The molecule has 0 N–H and O–H groups in total. The Morgan fingerprint density at radius 1 is 0.328 bits per heavy atom. The Balaban J connectivity index is 1.02. The van der Waals surface area contributed by atoms with Gasteiger partial charge in [-0.3, -0.25) is 0 Å². The maximum atomic E-state index is 4.99. The van der Waals surface area contributed by atoms with Gasteiger partial charge in [-0.1, -0.05) is 179 Å². The van der Waals surface area contributed by atoms with Crippen molar-refractivity contribution in [3.05, 3.63) is 205 Å². The van der Waals surface area contributed by atoms with Gasteiger partial charge < -0.3 is 4.57 Å². The average Bonchev–Trinajstić information content (AvgIpc) is 3.65. The van der Waals surface area contributed by atoms with Crippen molar-refractivity contribution < 1.29 is 0 Å². The molecule has 0 fully saturated rings. The predicted octanol–water partition coefficient (Wildman–Crippen LogP) is 14.5. The quantitative estimate of drug-likeness (QED) is 0.169. The van der Waals surface area contributed by atoms with Crippen LogP contribution in [0.4, 0.5) is 0 Å². The summed E-state index contributed by atoms with van der Waals surface area (Å²) in [7, 11) is 0. The summed E-state index contributed by atoms with van der Waals surface area (Å²) in [5.41, 5.74) is 16.5. The van der Waals surface area contributed by atoms with Crippen molar-refractivity contribution in [2.75, 3.05) is 0 Å². The van der Waals surface area contributed by atoms with Crippen molar-refractivity contribution in [3.8, 4) is 73.2 Å². The molecule has 0 aliphatic heterocycles. The molecule has 8 aromatic carbocycles. The van der Waals surface area contributed by atoms with Crippen molar-refractivity contribution in [1.29, 1.82) is 0 Å². The van der Waals surface area contributed by atoms with Crippen molar-refractivity contribution >= 4 is 21.8 Å². The topological polar surface area (TPSA) is 43.6 Å². The third-order valence-corrected chi connectivity index (χ3v) is 13.5. The molecule has 4 heteroatoms. The minimum Gasteiger partial charge on any atom is -0.309 e. The Hall–Kier alpha value is -7.43. The lowest BCUT2D eigenvalue weighted by atomic mass is 9.55. The first-order valence-electron chi connectivity index (χ1n) is 21.1. The second-order valence-electron chi connectivity index (χ2n) is 17.3. The van der Waals surface area contributed by atoms with E-state index in [9.17, 15) is 0 Å². The maximum Gasteiger partial charge on any atom is 0.164 e. The highest BCUT2D eigenvalue weighted by atomic mass is 15.0. The molecule has 0 spiro atoms. The third-order valence-electron chi connectivity index (χ3n) is 13.5. The molecule has 11 rings (SSSR count). The Labute approximate surface area is 356 Å². The van der Waals surface area contributed by atoms with Crippen molar-refractivity contribution in [1.82, 2.24) is 19.5 Å². The molecule has 61 heavy (non-hydrogen) atoms. The van der Waals surface area contributed by atoms with Gasteiger partial charge in [0.15, 0.2) is 17.5 Å². The Bertz CT molecular complexity index is 3230. The SMILES string of the molecule is CC1(C)c2ccccc2-c2cc(-c3ccccc3-c3ccc4c5ccccc5n(-c5ccc(-c6nc(-c7ccccc7)nc(-c7ccccc7)n6)cc5)c4c3)ccc2C1(C)C. The van der Waals surface area contributed by atoms with Crippen LogP contribution in [0.15, 0.2) is 194 Å². The lowest BCUT2D eigenvalue weighted by Gasteiger charge is -2.48. The minimum atomic E-state index is -0.0348. The third kappa shape index (κ3) is 5.93. The van der Waals surface area contributed by atoms with Gasteiger partial charge in [0.1, 0.15) is 0 Å². The smallest absolute Gasteiger partial charge is 0.164 e. The largest absolute Gasteiger partial charge is 0.309 e. The van der Waals surface area contributed by atoms with Gasteiger partial charge >= 0.3 is 0 Å². The van der Waals surface area contributed by atoms with Crippen LogP contribution < -0.4 is 0 Å². The molecule has 1 aliphatic rings. The monoisotopic (exact) mass is 784 g/mol. The molecule has 2 heterocycles. The van der Waals surface area contributed by atoms with Gasteiger partial charge in [-0.15, -0.1) is 0 Å². The highest BCUT2D eigenvalue weighted by Gasteiger charge is 2.45. The molecule has 0 amide bonds. The fourth-order valence-corrected chi connectivity index (χ4v) is 9.52. The predicted molar refractivity (Wildman–Crippen MR) is 253 cm³/mol. The number of hydrogen-bond acceptors (Lipinski definition) is 3. The van der Waals surface area contributed by atoms with Crippen LogP contribution >= 0.6 is 0 Å².